The standard InChI is InChI=1S/C18H20N2O6S2/c19-18(23)13-11-17(28(24,25)20-7-9-26-10-8-20)27-16(13)6-5-15(22)12-3-1-2-4-14(12)21/h1-4,11,21H,5-10H2,(H2,19,23)/p+1. The zero-order valence-corrected chi connectivity index (χ0v) is 16.6. The molecule has 0 spiro atoms. The van der Waals surface area contributed by atoms with E-state index in [0.717, 1.165) is 11.3 Å². The molecule has 0 saturated carbocycles. The van der Waals surface area contributed by atoms with Crippen LogP contribution in [0.25, 0.3) is 0 Å². The van der Waals surface area contributed by atoms with Gasteiger partial charge in [0.2, 0.25) is 5.91 Å². The summed E-state index contributed by atoms with van der Waals surface area (Å²) in [6.07, 6.45) is 0.225. The van der Waals surface area contributed by atoms with E-state index in [2.05, 4.69) is 0 Å². The van der Waals surface area contributed by atoms with Gasteiger partial charge in [-0.3, -0.25) is 9.59 Å². The second-order valence-corrected chi connectivity index (χ2v) is 9.55. The summed E-state index contributed by atoms with van der Waals surface area (Å²) in [5, 5.41) is 7.81. The van der Waals surface area contributed by atoms with Crippen LogP contribution in [0.4, 0.5) is 0 Å². The zero-order chi connectivity index (χ0) is 20.3. The van der Waals surface area contributed by atoms with Gasteiger partial charge in [-0.1, -0.05) is 12.1 Å². The van der Waals surface area contributed by atoms with Crippen molar-refractivity contribution in [3.05, 3.63) is 46.3 Å². The number of thiophene rings is 1. The number of Topliss-reactive ketones (excluding diaryl/α,β-unsaturated/α-hetero) is 1. The normalized spacial score (nSPS) is 15.4. The molecule has 3 rings (SSSR count). The Balaban J connectivity index is 1.82. The van der Waals surface area contributed by atoms with Crippen LogP contribution in [0.15, 0.2) is 34.5 Å². The van der Waals surface area contributed by atoms with Gasteiger partial charge in [0, 0.05) is 30.5 Å². The molecular formula is C18H21N2O6S2+. The van der Waals surface area contributed by atoms with Crippen molar-refractivity contribution in [2.24, 2.45) is 5.73 Å². The number of rotatable bonds is 7. The van der Waals surface area contributed by atoms with Crippen molar-refractivity contribution in [3.63, 3.8) is 0 Å². The van der Waals surface area contributed by atoms with E-state index >= 15 is 0 Å². The molecule has 0 radical (unpaired) electrons. The monoisotopic (exact) mass is 425 g/mol. The average molecular weight is 426 g/mol. The highest BCUT2D eigenvalue weighted by Gasteiger charge is 2.30. The summed E-state index contributed by atoms with van der Waals surface area (Å²) < 4.78 is 32.2. The number of carbonyl (C=O) groups is 2. The molecule has 1 fully saturated rings. The third kappa shape index (κ3) is 4.25. The maximum Gasteiger partial charge on any atom is 0.264 e. The lowest BCUT2D eigenvalue weighted by molar-refractivity contribution is 0.0731. The van der Waals surface area contributed by atoms with Gasteiger partial charge >= 0.3 is 0 Å². The average Bonchev–Trinajstić information content (AvgIpc) is 3.12. The minimum atomic E-state index is -3.75. The highest BCUT2D eigenvalue weighted by Crippen LogP contribution is 2.31. The van der Waals surface area contributed by atoms with Crippen LogP contribution in [0.2, 0.25) is 0 Å². The van der Waals surface area contributed by atoms with Gasteiger partial charge in [-0.05, 0) is 18.6 Å². The van der Waals surface area contributed by atoms with Crippen molar-refractivity contribution in [1.82, 2.24) is 4.31 Å². The molecule has 2 heterocycles. The SMILES string of the molecule is NC(=O)c1cc(S(=O)(=O)N2CCOCC2)sc1CCC(=O)c1ccccc1[OH2+]. The first-order valence-corrected chi connectivity index (χ1v) is 10.9. The molecule has 1 aliphatic rings. The van der Waals surface area contributed by atoms with Crippen LogP contribution in [0.3, 0.4) is 0 Å². The molecule has 150 valence electrons. The topological polar surface area (TPSA) is 130 Å². The number of carbonyl (C=O) groups excluding carboxylic acids is 2. The molecule has 0 unspecified atom stereocenters. The number of hydrogen-bond donors (Lipinski definition) is 1. The van der Waals surface area contributed by atoms with Crippen molar-refractivity contribution in [2.75, 3.05) is 26.3 Å². The van der Waals surface area contributed by atoms with Crippen molar-refractivity contribution in [3.8, 4) is 5.75 Å². The first-order valence-electron chi connectivity index (χ1n) is 8.65. The number of ketones is 1. The van der Waals surface area contributed by atoms with Crippen molar-refractivity contribution >= 4 is 33.1 Å². The van der Waals surface area contributed by atoms with Crippen LogP contribution < -0.4 is 5.73 Å². The number of hydrogen-bond acceptors (Lipinski definition) is 6. The summed E-state index contributed by atoms with van der Waals surface area (Å²) in [6.45, 7) is 1.14. The number of benzene rings is 1. The fourth-order valence-electron chi connectivity index (χ4n) is 2.93. The van der Waals surface area contributed by atoms with E-state index in [4.69, 9.17) is 15.6 Å². The summed E-state index contributed by atoms with van der Waals surface area (Å²) >= 11 is 0.959. The van der Waals surface area contributed by atoms with Crippen LogP contribution in [0, 0.1) is 0 Å². The van der Waals surface area contributed by atoms with Crippen LogP contribution >= 0.6 is 11.3 Å². The molecule has 8 nitrogen and oxygen atoms in total. The van der Waals surface area contributed by atoms with E-state index in [9.17, 15) is 18.0 Å². The van der Waals surface area contributed by atoms with Crippen molar-refractivity contribution < 1.29 is 27.9 Å². The van der Waals surface area contributed by atoms with Gasteiger partial charge in [0.1, 0.15) is 9.77 Å². The number of nitrogens with two attached hydrogens (primary N) is 1. The van der Waals surface area contributed by atoms with E-state index in [1.807, 2.05) is 0 Å². The second-order valence-electron chi connectivity index (χ2n) is 6.25. The van der Waals surface area contributed by atoms with E-state index in [1.165, 1.54) is 16.4 Å². The molecule has 1 aromatic carbocycles. The molecule has 10 heteroatoms. The smallest absolute Gasteiger partial charge is 0.264 e. The van der Waals surface area contributed by atoms with Gasteiger partial charge in [0.05, 0.1) is 18.8 Å². The summed E-state index contributed by atoms with van der Waals surface area (Å²) in [5.41, 5.74) is 5.82. The van der Waals surface area contributed by atoms with E-state index in [0.29, 0.717) is 23.7 Å². The van der Waals surface area contributed by atoms with Gasteiger partial charge in [-0.25, -0.2) is 8.42 Å². The van der Waals surface area contributed by atoms with Gasteiger partial charge < -0.3 is 15.6 Å². The molecule has 0 aliphatic carbocycles. The van der Waals surface area contributed by atoms with Crippen LogP contribution in [0.1, 0.15) is 32.0 Å². The lowest BCUT2D eigenvalue weighted by Gasteiger charge is -2.25. The van der Waals surface area contributed by atoms with Crippen molar-refractivity contribution in [2.45, 2.75) is 17.1 Å². The summed E-state index contributed by atoms with van der Waals surface area (Å²) in [6, 6.07) is 7.74. The molecular weight excluding hydrogens is 404 g/mol. The molecule has 28 heavy (non-hydrogen) atoms. The number of morpholine rings is 1. The number of amides is 1. The lowest BCUT2D eigenvalue weighted by Crippen LogP contribution is -2.40. The van der Waals surface area contributed by atoms with Gasteiger partial charge in [-0.15, -0.1) is 11.3 Å². The Bertz CT molecular complexity index is 993. The number of primary amides is 1. The minimum absolute atomic E-state index is 0.0338. The highest BCUT2D eigenvalue weighted by molar-refractivity contribution is 7.91. The van der Waals surface area contributed by atoms with E-state index in [-0.39, 0.29) is 47.2 Å². The molecule has 1 amide bonds. The lowest BCUT2D eigenvalue weighted by atomic mass is 10.0. The number of sulfonamides is 1. The predicted octanol–water partition coefficient (Wildman–Crippen LogP) is 1.12. The maximum atomic E-state index is 12.8. The number of aryl methyl sites for hydroxylation is 1. The van der Waals surface area contributed by atoms with Crippen LogP contribution in [0.5, 0.6) is 5.75 Å². The largest absolute Gasteiger partial charge is 0.593 e. The van der Waals surface area contributed by atoms with Crippen molar-refractivity contribution in [1.29, 1.82) is 0 Å². The quantitative estimate of drug-likeness (QED) is 0.525. The van der Waals surface area contributed by atoms with Gasteiger partial charge in [0.15, 0.2) is 5.78 Å². The number of para-hydroxylation sites is 1. The number of nitrogens with zero attached hydrogens (tertiary/aromatic N) is 1. The van der Waals surface area contributed by atoms with Crippen LogP contribution in [-0.4, -0.2) is 55.8 Å². The van der Waals surface area contributed by atoms with Crippen LogP contribution in [-0.2, 0) is 21.2 Å². The molecule has 1 aliphatic heterocycles. The molecule has 2 aromatic rings. The molecule has 4 N–H and O–H groups in total. The second kappa shape index (κ2) is 8.39. The Labute approximate surface area is 166 Å². The maximum absolute atomic E-state index is 12.8. The molecule has 1 saturated heterocycles. The Kier molecular flexibility index (Phi) is 6.14. The zero-order valence-electron chi connectivity index (χ0n) is 15.0. The van der Waals surface area contributed by atoms with Gasteiger partial charge in [0.25, 0.3) is 15.8 Å². The molecule has 1 aromatic heterocycles. The Hall–Kier alpha value is -2.27. The molecule has 0 bridgehead atoms. The minimum Gasteiger partial charge on any atom is -0.593 e. The van der Waals surface area contributed by atoms with E-state index < -0.39 is 15.9 Å². The third-order valence-corrected chi connectivity index (χ3v) is 7.97. The Morgan fingerprint density at radius 2 is 1.86 bits per heavy atom. The van der Waals surface area contributed by atoms with E-state index in [1.54, 1.807) is 18.2 Å². The van der Waals surface area contributed by atoms with Gasteiger partial charge in [-0.2, -0.15) is 4.31 Å². The fraction of sp³-hybridized carbons (Fsp3) is 0.333. The summed E-state index contributed by atoms with van der Waals surface area (Å²) in [5.74, 6) is -0.848. The summed E-state index contributed by atoms with van der Waals surface area (Å²) in [7, 11) is -3.75. The fourth-order valence-corrected chi connectivity index (χ4v) is 6.01. The Morgan fingerprint density at radius 3 is 2.50 bits per heavy atom. The first kappa shape index (κ1) is 20.5. The predicted molar refractivity (Wildman–Crippen MR) is 105 cm³/mol. The summed E-state index contributed by atoms with van der Waals surface area (Å²) in [4.78, 5) is 24.6. The molecule has 0 atom stereocenters. The number of ether oxygens (including phenoxy) is 1. The highest BCUT2D eigenvalue weighted by atomic mass is 32.2. The third-order valence-electron chi connectivity index (χ3n) is 4.42. The Morgan fingerprint density at radius 1 is 1.18 bits per heavy atom. The first-order chi connectivity index (χ1) is 13.3.